The lowest BCUT2D eigenvalue weighted by atomic mass is 10.0. The Kier molecular flexibility index (Phi) is 3.85. The van der Waals surface area contributed by atoms with E-state index in [-0.39, 0.29) is 0 Å². The van der Waals surface area contributed by atoms with Gasteiger partial charge in [-0.15, -0.1) is 11.3 Å². The molecule has 2 aromatic rings. The zero-order valence-electron chi connectivity index (χ0n) is 11.1. The van der Waals surface area contributed by atoms with Crippen molar-refractivity contribution >= 4 is 11.3 Å². The van der Waals surface area contributed by atoms with E-state index in [9.17, 15) is 0 Å². The van der Waals surface area contributed by atoms with Gasteiger partial charge in [0.2, 0.25) is 0 Å². The smallest absolute Gasteiger partial charge is 0.118 e. The summed E-state index contributed by atoms with van der Waals surface area (Å²) in [6, 6.07) is 13.3. The first-order chi connectivity index (χ1) is 9.36. The number of hydrogen-bond acceptors (Lipinski definition) is 3. The van der Waals surface area contributed by atoms with Crippen molar-refractivity contribution in [2.24, 2.45) is 5.92 Å². The molecule has 3 heteroatoms. The van der Waals surface area contributed by atoms with E-state index in [0.29, 0.717) is 6.04 Å². The van der Waals surface area contributed by atoms with Crippen molar-refractivity contribution in [3.8, 4) is 5.75 Å². The van der Waals surface area contributed by atoms with Crippen LogP contribution in [0.3, 0.4) is 0 Å². The topological polar surface area (TPSA) is 21.3 Å². The van der Waals surface area contributed by atoms with E-state index in [2.05, 4.69) is 47.1 Å². The predicted molar refractivity (Wildman–Crippen MR) is 79.6 cm³/mol. The van der Waals surface area contributed by atoms with Crippen LogP contribution in [-0.2, 0) is 6.54 Å². The summed E-state index contributed by atoms with van der Waals surface area (Å²) in [4.78, 5) is 1.40. The van der Waals surface area contributed by atoms with E-state index in [4.69, 9.17) is 4.74 Å². The molecule has 1 unspecified atom stereocenters. The first-order valence-corrected chi connectivity index (χ1v) is 7.64. The Balaban J connectivity index is 1.69. The zero-order valence-corrected chi connectivity index (χ0v) is 12.0. The van der Waals surface area contributed by atoms with Gasteiger partial charge in [-0.2, -0.15) is 0 Å². The molecule has 0 bridgehead atoms. The molecular weight excluding hydrogens is 254 g/mol. The fourth-order valence-electron chi connectivity index (χ4n) is 2.42. The van der Waals surface area contributed by atoms with Crippen LogP contribution < -0.4 is 10.1 Å². The normalized spacial score (nSPS) is 16.3. The minimum atomic E-state index is 0.480. The van der Waals surface area contributed by atoms with Gasteiger partial charge < -0.3 is 10.1 Å². The molecule has 1 aromatic heterocycles. The van der Waals surface area contributed by atoms with E-state index >= 15 is 0 Å². The second-order valence-corrected chi connectivity index (χ2v) is 6.08. The van der Waals surface area contributed by atoms with Gasteiger partial charge in [-0.3, -0.25) is 0 Å². The van der Waals surface area contributed by atoms with Crippen LogP contribution in [-0.4, -0.2) is 7.11 Å². The lowest BCUT2D eigenvalue weighted by Crippen LogP contribution is -2.22. The Morgan fingerprint density at radius 1 is 1.26 bits per heavy atom. The molecule has 100 valence electrons. The highest BCUT2D eigenvalue weighted by Crippen LogP contribution is 2.41. The average molecular weight is 273 g/mol. The molecule has 0 amide bonds. The number of ether oxygens (including phenoxy) is 1. The molecule has 0 radical (unpaired) electrons. The van der Waals surface area contributed by atoms with E-state index in [0.717, 1.165) is 18.2 Å². The molecule has 1 saturated carbocycles. The van der Waals surface area contributed by atoms with Gasteiger partial charge in [-0.1, -0.05) is 18.2 Å². The Hall–Kier alpha value is -1.32. The van der Waals surface area contributed by atoms with Gasteiger partial charge in [0.15, 0.2) is 0 Å². The molecule has 19 heavy (non-hydrogen) atoms. The van der Waals surface area contributed by atoms with Crippen LogP contribution >= 0.6 is 11.3 Å². The molecule has 1 fully saturated rings. The van der Waals surface area contributed by atoms with Crippen LogP contribution in [0.5, 0.6) is 5.75 Å². The lowest BCUT2D eigenvalue weighted by molar-refractivity contribution is 0.413. The maximum absolute atomic E-state index is 5.23. The summed E-state index contributed by atoms with van der Waals surface area (Å²) in [5.41, 5.74) is 1.37. The minimum Gasteiger partial charge on any atom is -0.497 e. The Bertz CT molecular complexity index is 502. The molecule has 1 aromatic carbocycles. The average Bonchev–Trinajstić information content (AvgIpc) is 3.15. The summed E-state index contributed by atoms with van der Waals surface area (Å²) in [6.07, 6.45) is 2.68. The van der Waals surface area contributed by atoms with Gasteiger partial charge in [0.25, 0.3) is 0 Å². The van der Waals surface area contributed by atoms with Crippen molar-refractivity contribution in [2.75, 3.05) is 7.11 Å². The molecule has 1 aliphatic carbocycles. The molecule has 1 N–H and O–H groups in total. The van der Waals surface area contributed by atoms with Crippen LogP contribution in [0.15, 0.2) is 41.8 Å². The van der Waals surface area contributed by atoms with Gasteiger partial charge in [-0.25, -0.2) is 0 Å². The monoisotopic (exact) mass is 273 g/mol. The summed E-state index contributed by atoms with van der Waals surface area (Å²) >= 11 is 1.82. The molecule has 2 nitrogen and oxygen atoms in total. The fourth-order valence-corrected chi connectivity index (χ4v) is 3.08. The standard InChI is InChI=1S/C16H19NOS/c1-18-14-8-6-13(7-9-14)16(12-4-5-12)17-11-15-3-2-10-19-15/h2-3,6-10,12,16-17H,4-5,11H2,1H3. The van der Waals surface area contributed by atoms with Gasteiger partial charge in [-0.05, 0) is 47.9 Å². The first kappa shape index (κ1) is 12.7. The van der Waals surface area contributed by atoms with Crippen molar-refractivity contribution in [3.63, 3.8) is 0 Å². The first-order valence-electron chi connectivity index (χ1n) is 6.76. The number of benzene rings is 1. The highest BCUT2D eigenvalue weighted by atomic mass is 32.1. The van der Waals surface area contributed by atoms with Gasteiger partial charge in [0.05, 0.1) is 7.11 Å². The van der Waals surface area contributed by atoms with Crippen LogP contribution in [0.1, 0.15) is 29.3 Å². The largest absolute Gasteiger partial charge is 0.497 e. The number of hydrogen-bond donors (Lipinski definition) is 1. The highest BCUT2D eigenvalue weighted by Gasteiger charge is 2.31. The van der Waals surface area contributed by atoms with E-state index in [1.165, 1.54) is 23.3 Å². The summed E-state index contributed by atoms with van der Waals surface area (Å²) in [5.74, 6) is 1.73. The molecule has 1 aliphatic rings. The maximum atomic E-state index is 5.23. The lowest BCUT2D eigenvalue weighted by Gasteiger charge is -2.18. The van der Waals surface area contributed by atoms with Crippen LogP contribution in [0.4, 0.5) is 0 Å². The number of thiophene rings is 1. The van der Waals surface area contributed by atoms with Crippen LogP contribution in [0.2, 0.25) is 0 Å². The van der Waals surface area contributed by atoms with Gasteiger partial charge in [0, 0.05) is 17.5 Å². The predicted octanol–water partition coefficient (Wildman–Crippen LogP) is 4.00. The fraction of sp³-hybridized carbons (Fsp3) is 0.375. The van der Waals surface area contributed by atoms with E-state index in [1.54, 1.807) is 7.11 Å². The Morgan fingerprint density at radius 3 is 2.63 bits per heavy atom. The number of nitrogens with one attached hydrogen (secondary N) is 1. The molecule has 1 atom stereocenters. The quantitative estimate of drug-likeness (QED) is 0.859. The summed E-state index contributed by atoms with van der Waals surface area (Å²) in [6.45, 7) is 0.963. The number of rotatable bonds is 6. The highest BCUT2D eigenvalue weighted by molar-refractivity contribution is 7.09. The summed E-state index contributed by atoms with van der Waals surface area (Å²) in [5, 5.41) is 5.84. The molecule has 1 heterocycles. The molecular formula is C16H19NOS. The molecule has 0 saturated heterocycles. The van der Waals surface area contributed by atoms with Crippen molar-refractivity contribution in [3.05, 3.63) is 52.2 Å². The van der Waals surface area contributed by atoms with Crippen LogP contribution in [0.25, 0.3) is 0 Å². The van der Waals surface area contributed by atoms with Crippen LogP contribution in [0, 0.1) is 5.92 Å². The van der Waals surface area contributed by atoms with Crippen molar-refractivity contribution in [1.29, 1.82) is 0 Å². The van der Waals surface area contributed by atoms with Crippen molar-refractivity contribution in [2.45, 2.75) is 25.4 Å². The molecule has 0 spiro atoms. The molecule has 3 rings (SSSR count). The summed E-state index contributed by atoms with van der Waals surface area (Å²) in [7, 11) is 1.71. The molecule has 0 aliphatic heterocycles. The number of methoxy groups -OCH3 is 1. The Labute approximate surface area is 118 Å². The third-order valence-electron chi connectivity index (χ3n) is 3.64. The Morgan fingerprint density at radius 2 is 2.05 bits per heavy atom. The zero-order chi connectivity index (χ0) is 13.1. The maximum Gasteiger partial charge on any atom is 0.118 e. The van der Waals surface area contributed by atoms with Gasteiger partial charge >= 0.3 is 0 Å². The van der Waals surface area contributed by atoms with E-state index < -0.39 is 0 Å². The van der Waals surface area contributed by atoms with Gasteiger partial charge in [0.1, 0.15) is 5.75 Å². The van der Waals surface area contributed by atoms with E-state index in [1.807, 2.05) is 11.3 Å². The summed E-state index contributed by atoms with van der Waals surface area (Å²) < 4.78 is 5.23. The third-order valence-corrected chi connectivity index (χ3v) is 4.52. The van der Waals surface area contributed by atoms with Crippen molar-refractivity contribution in [1.82, 2.24) is 5.32 Å². The second-order valence-electron chi connectivity index (χ2n) is 5.05. The third kappa shape index (κ3) is 3.17. The SMILES string of the molecule is COc1ccc(C(NCc2cccs2)C2CC2)cc1. The minimum absolute atomic E-state index is 0.480. The van der Waals surface area contributed by atoms with Crippen molar-refractivity contribution < 1.29 is 4.74 Å². The second kappa shape index (κ2) is 5.76.